The van der Waals surface area contributed by atoms with E-state index in [0.717, 1.165) is 5.47 Å². The molecule has 1 aliphatic rings. The summed E-state index contributed by atoms with van der Waals surface area (Å²) in [5.41, 5.74) is 2.29. The third-order valence-corrected chi connectivity index (χ3v) is 1.74. The Kier molecular flexibility index (Phi) is 1.99. The zero-order valence-corrected chi connectivity index (χ0v) is 6.60. The predicted octanol–water partition coefficient (Wildman–Crippen LogP) is 2.19. The fraction of sp³-hybridized carbons (Fsp3) is 0. The third kappa shape index (κ3) is 1.42. The maximum absolute atomic E-state index is 5.06. The molecule has 0 saturated heterocycles. The summed E-state index contributed by atoms with van der Waals surface area (Å²) in [5.74, 6) is 1.89. The Balaban J connectivity index is 2.26. The third-order valence-electron chi connectivity index (χ3n) is 1.74. The minimum atomic E-state index is 1.11. The molecule has 0 atom stereocenters. The van der Waals surface area contributed by atoms with E-state index in [-0.39, 0.29) is 0 Å². The molecule has 0 bridgehead atoms. The van der Waals surface area contributed by atoms with Gasteiger partial charge < -0.3 is 4.74 Å². The first-order chi connectivity index (χ1) is 5.97. The van der Waals surface area contributed by atoms with Crippen LogP contribution in [0.15, 0.2) is 48.8 Å². The van der Waals surface area contributed by atoms with Gasteiger partial charge in [0.1, 0.15) is 0 Å². The molecule has 2 rings (SSSR count). The highest BCUT2D eigenvalue weighted by molar-refractivity contribution is 6.65. The van der Waals surface area contributed by atoms with Crippen molar-refractivity contribution in [3.8, 4) is 0 Å². The van der Waals surface area contributed by atoms with Crippen LogP contribution in [-0.4, -0.2) is 7.28 Å². The molecular formula is C10H8BO. The summed E-state index contributed by atoms with van der Waals surface area (Å²) in [7, 11) is 2.03. The van der Waals surface area contributed by atoms with E-state index < -0.39 is 0 Å². The van der Waals surface area contributed by atoms with Crippen molar-refractivity contribution in [2.45, 2.75) is 0 Å². The summed E-state index contributed by atoms with van der Waals surface area (Å²) in [6.07, 6.45) is 3.40. The lowest BCUT2D eigenvalue weighted by Gasteiger charge is -2.07. The van der Waals surface area contributed by atoms with Gasteiger partial charge in [0.05, 0.1) is 12.5 Å². The normalized spacial score (nSPS) is 14.5. The molecule has 2 heteroatoms. The van der Waals surface area contributed by atoms with Crippen molar-refractivity contribution in [3.05, 3.63) is 54.4 Å². The van der Waals surface area contributed by atoms with E-state index in [0.29, 0.717) is 0 Å². The molecule has 0 saturated carbocycles. The van der Waals surface area contributed by atoms with Crippen molar-refractivity contribution >= 4 is 12.8 Å². The first-order valence-corrected chi connectivity index (χ1v) is 3.88. The Bertz CT molecular complexity index is 314. The van der Waals surface area contributed by atoms with Crippen LogP contribution in [0.3, 0.4) is 0 Å². The maximum Gasteiger partial charge on any atom is 0.190 e. The summed E-state index contributed by atoms with van der Waals surface area (Å²) in [6.45, 7) is 0. The summed E-state index contributed by atoms with van der Waals surface area (Å²) in [6, 6.07) is 10.2. The van der Waals surface area contributed by atoms with Crippen LogP contribution in [0.4, 0.5) is 0 Å². The molecule has 0 unspecified atom stereocenters. The second-order valence-electron chi connectivity index (χ2n) is 2.57. The molecular weight excluding hydrogens is 147 g/mol. The molecule has 0 spiro atoms. The van der Waals surface area contributed by atoms with Crippen LogP contribution in [-0.2, 0) is 4.74 Å². The number of rotatable bonds is 1. The minimum absolute atomic E-state index is 1.11. The maximum atomic E-state index is 5.06. The lowest BCUT2D eigenvalue weighted by molar-refractivity contribution is 0.405. The van der Waals surface area contributed by atoms with Crippen LogP contribution in [0.25, 0.3) is 5.47 Å². The van der Waals surface area contributed by atoms with Gasteiger partial charge in [-0.2, -0.15) is 0 Å². The predicted molar refractivity (Wildman–Crippen MR) is 50.4 cm³/mol. The first kappa shape index (κ1) is 7.23. The Labute approximate surface area is 72.6 Å². The summed E-state index contributed by atoms with van der Waals surface area (Å²) < 4.78 is 5.06. The van der Waals surface area contributed by atoms with Gasteiger partial charge in [0.15, 0.2) is 7.28 Å². The Hall–Kier alpha value is -1.44. The average molecular weight is 155 g/mol. The van der Waals surface area contributed by atoms with Crippen molar-refractivity contribution in [3.63, 3.8) is 0 Å². The van der Waals surface area contributed by atoms with Gasteiger partial charge in [0.25, 0.3) is 0 Å². The second-order valence-corrected chi connectivity index (χ2v) is 2.57. The van der Waals surface area contributed by atoms with Crippen LogP contribution in [0.1, 0.15) is 5.56 Å². The van der Waals surface area contributed by atoms with Crippen molar-refractivity contribution < 1.29 is 4.74 Å². The van der Waals surface area contributed by atoms with Gasteiger partial charge >= 0.3 is 0 Å². The van der Waals surface area contributed by atoms with Gasteiger partial charge in [-0.3, -0.25) is 0 Å². The Morgan fingerprint density at radius 3 is 2.58 bits per heavy atom. The molecule has 0 aliphatic carbocycles. The van der Waals surface area contributed by atoms with Crippen LogP contribution in [0.2, 0.25) is 0 Å². The van der Waals surface area contributed by atoms with E-state index in [1.165, 1.54) is 5.56 Å². The lowest BCUT2D eigenvalue weighted by Crippen LogP contribution is -1.97. The monoisotopic (exact) mass is 155 g/mol. The standard InChI is InChI=1S/C10H8BO/c1-2-4-9(5-3-1)10-8-12-7-6-11-10/h1-8H. The molecule has 1 nitrogen and oxygen atoms in total. The fourth-order valence-corrected chi connectivity index (χ4v) is 1.14. The van der Waals surface area contributed by atoms with Gasteiger partial charge in [-0.05, 0) is 11.0 Å². The Morgan fingerprint density at radius 1 is 1.08 bits per heavy atom. The molecule has 1 heterocycles. The highest BCUT2D eigenvalue weighted by Gasteiger charge is 2.02. The van der Waals surface area contributed by atoms with Gasteiger partial charge in [-0.25, -0.2) is 0 Å². The molecule has 57 valence electrons. The molecule has 1 radical (unpaired) electrons. The van der Waals surface area contributed by atoms with Gasteiger partial charge in [-0.15, -0.1) is 0 Å². The van der Waals surface area contributed by atoms with E-state index in [1.54, 1.807) is 12.5 Å². The zero-order chi connectivity index (χ0) is 8.23. The fourth-order valence-electron chi connectivity index (χ4n) is 1.14. The number of hydrogen-bond acceptors (Lipinski definition) is 1. The molecule has 0 N–H and O–H groups in total. The minimum Gasteiger partial charge on any atom is -0.474 e. The van der Waals surface area contributed by atoms with Crippen LogP contribution < -0.4 is 0 Å². The number of hydrogen-bond donors (Lipinski definition) is 0. The van der Waals surface area contributed by atoms with E-state index in [4.69, 9.17) is 4.74 Å². The number of ether oxygens (including phenoxy) is 1. The van der Waals surface area contributed by atoms with E-state index in [2.05, 4.69) is 12.1 Å². The van der Waals surface area contributed by atoms with Crippen molar-refractivity contribution in [2.24, 2.45) is 0 Å². The smallest absolute Gasteiger partial charge is 0.190 e. The van der Waals surface area contributed by atoms with Crippen molar-refractivity contribution in [1.29, 1.82) is 0 Å². The SMILES string of the molecule is [B]1C=COC=C1c1ccccc1. The quantitative estimate of drug-likeness (QED) is 0.564. The zero-order valence-electron chi connectivity index (χ0n) is 6.60. The number of benzene rings is 1. The van der Waals surface area contributed by atoms with Crippen LogP contribution >= 0.6 is 0 Å². The van der Waals surface area contributed by atoms with Crippen molar-refractivity contribution in [1.82, 2.24) is 0 Å². The molecule has 0 aromatic heterocycles. The van der Waals surface area contributed by atoms with Crippen LogP contribution in [0.5, 0.6) is 0 Å². The summed E-state index contributed by atoms with van der Waals surface area (Å²) in [4.78, 5) is 0. The Morgan fingerprint density at radius 2 is 1.92 bits per heavy atom. The molecule has 1 aliphatic heterocycles. The summed E-state index contributed by atoms with van der Waals surface area (Å²) in [5, 5.41) is 0. The molecule has 12 heavy (non-hydrogen) atoms. The summed E-state index contributed by atoms with van der Waals surface area (Å²) >= 11 is 0. The molecule has 0 amide bonds. The molecule has 1 aromatic rings. The van der Waals surface area contributed by atoms with Gasteiger partial charge in [-0.1, -0.05) is 36.3 Å². The molecule has 0 fully saturated rings. The highest BCUT2D eigenvalue weighted by atomic mass is 16.5. The highest BCUT2D eigenvalue weighted by Crippen LogP contribution is 2.15. The van der Waals surface area contributed by atoms with Gasteiger partial charge in [0.2, 0.25) is 0 Å². The van der Waals surface area contributed by atoms with E-state index >= 15 is 0 Å². The lowest BCUT2D eigenvalue weighted by atomic mass is 9.67. The van der Waals surface area contributed by atoms with E-state index in [9.17, 15) is 0 Å². The second kappa shape index (κ2) is 3.31. The van der Waals surface area contributed by atoms with E-state index in [1.807, 2.05) is 31.5 Å². The van der Waals surface area contributed by atoms with Crippen LogP contribution in [0, 0.1) is 0 Å². The molecule has 1 aromatic carbocycles. The van der Waals surface area contributed by atoms with Crippen molar-refractivity contribution in [2.75, 3.05) is 0 Å². The largest absolute Gasteiger partial charge is 0.474 e. The average Bonchev–Trinajstić information content (AvgIpc) is 2.21. The first-order valence-electron chi connectivity index (χ1n) is 3.88. The van der Waals surface area contributed by atoms with Gasteiger partial charge in [0, 0.05) is 0 Å². The topological polar surface area (TPSA) is 9.23 Å².